The Balaban J connectivity index is 1.82. The lowest BCUT2D eigenvalue weighted by Crippen LogP contribution is -2.32. The Morgan fingerprint density at radius 2 is 1.71 bits per heavy atom. The molecule has 2 N–H and O–H groups in total. The van der Waals surface area contributed by atoms with Crippen LogP contribution in [0.1, 0.15) is 25.0 Å². The summed E-state index contributed by atoms with van der Waals surface area (Å²) in [6, 6.07) is 13.4. The Kier molecular flexibility index (Phi) is 7.02. The van der Waals surface area contributed by atoms with Crippen molar-refractivity contribution in [3.63, 3.8) is 0 Å². The zero-order valence-electron chi connectivity index (χ0n) is 17.5. The predicted octanol–water partition coefficient (Wildman–Crippen LogP) is 3.22. The fraction of sp³-hybridized carbons (Fsp3) is 0.261. The normalized spacial score (nSPS) is 11.2. The average molecular weight is 424 g/mol. The number of aryl methyl sites for hydroxylation is 1. The minimum atomic E-state index is -0.718. The van der Waals surface area contributed by atoms with E-state index in [2.05, 4.69) is 28.7 Å². The largest absolute Gasteiger partial charge is 0.494 e. The molecule has 0 aliphatic heterocycles. The van der Waals surface area contributed by atoms with Crippen LogP contribution in [0.25, 0.3) is 0 Å². The molecule has 0 spiro atoms. The van der Waals surface area contributed by atoms with Gasteiger partial charge in [0.15, 0.2) is 0 Å². The maximum atomic E-state index is 13.0. The number of aromatic nitrogens is 2. The molecule has 0 unspecified atom stereocenters. The van der Waals surface area contributed by atoms with Gasteiger partial charge in [-0.25, -0.2) is 9.18 Å². The predicted molar refractivity (Wildman–Crippen MR) is 120 cm³/mol. The van der Waals surface area contributed by atoms with Crippen molar-refractivity contribution < 1.29 is 9.50 Å². The van der Waals surface area contributed by atoms with Crippen molar-refractivity contribution in [3.8, 4) is 5.88 Å². The highest BCUT2D eigenvalue weighted by Crippen LogP contribution is 2.20. The average Bonchev–Trinajstić information content (AvgIpc) is 2.76. The number of hydrogen-bond donors (Lipinski definition) is 2. The molecule has 3 rings (SSSR count). The SMILES string of the molecule is CCN(CC)c1ccc(N=Cc2c(O)n(CCc3ccc(F)cc3)c(=O)[nH]c2=O)cc1. The number of H-pyrrole nitrogens is 1. The van der Waals surface area contributed by atoms with Crippen LogP contribution >= 0.6 is 0 Å². The second-order valence-corrected chi connectivity index (χ2v) is 6.97. The first-order valence-electron chi connectivity index (χ1n) is 10.1. The fourth-order valence-corrected chi connectivity index (χ4v) is 3.27. The van der Waals surface area contributed by atoms with Crippen LogP contribution in [-0.2, 0) is 13.0 Å². The molecule has 0 amide bonds. The van der Waals surface area contributed by atoms with Crippen LogP contribution in [0.2, 0.25) is 0 Å². The molecular formula is C23H25FN4O3. The first-order valence-corrected chi connectivity index (χ1v) is 10.1. The van der Waals surface area contributed by atoms with E-state index in [1.165, 1.54) is 18.3 Å². The number of aliphatic imine (C=N–C) groups is 1. The van der Waals surface area contributed by atoms with Gasteiger partial charge in [0.2, 0.25) is 5.88 Å². The molecule has 2 aromatic carbocycles. The number of nitrogens with zero attached hydrogens (tertiary/aromatic N) is 3. The lowest BCUT2D eigenvalue weighted by molar-refractivity contribution is 0.399. The van der Waals surface area contributed by atoms with Crippen LogP contribution in [0.3, 0.4) is 0 Å². The Labute approximate surface area is 179 Å². The van der Waals surface area contributed by atoms with E-state index in [0.717, 1.165) is 28.9 Å². The van der Waals surface area contributed by atoms with Crippen LogP contribution in [0.15, 0.2) is 63.1 Å². The summed E-state index contributed by atoms with van der Waals surface area (Å²) >= 11 is 0. The smallest absolute Gasteiger partial charge is 0.331 e. The van der Waals surface area contributed by atoms with Gasteiger partial charge in [0, 0.05) is 31.5 Å². The Hall–Kier alpha value is -3.68. The van der Waals surface area contributed by atoms with Crippen molar-refractivity contribution in [1.29, 1.82) is 0 Å². The number of rotatable bonds is 8. The van der Waals surface area contributed by atoms with Gasteiger partial charge in [-0.1, -0.05) is 12.1 Å². The number of anilines is 1. The fourth-order valence-electron chi connectivity index (χ4n) is 3.27. The molecule has 0 aliphatic carbocycles. The minimum Gasteiger partial charge on any atom is -0.494 e. The number of aromatic hydroxyl groups is 1. The second kappa shape index (κ2) is 9.88. The highest BCUT2D eigenvalue weighted by atomic mass is 19.1. The van der Waals surface area contributed by atoms with Gasteiger partial charge >= 0.3 is 5.69 Å². The van der Waals surface area contributed by atoms with E-state index in [4.69, 9.17) is 0 Å². The van der Waals surface area contributed by atoms with Crippen LogP contribution < -0.4 is 16.1 Å². The quantitative estimate of drug-likeness (QED) is 0.543. The molecular weight excluding hydrogens is 399 g/mol. The standard InChI is InChI=1S/C23H25FN4O3/c1-3-27(4-2)19-11-9-18(10-12-19)25-15-20-21(29)26-23(31)28(22(20)30)14-13-16-5-7-17(24)8-6-16/h5-12,15,30H,3-4,13-14H2,1-2H3,(H,26,29,31). The van der Waals surface area contributed by atoms with Gasteiger partial charge in [-0.2, -0.15) is 0 Å². The number of nitrogens with one attached hydrogen (secondary N) is 1. The number of aromatic amines is 1. The van der Waals surface area contributed by atoms with Gasteiger partial charge in [0.05, 0.1) is 5.69 Å². The Morgan fingerprint density at radius 3 is 2.32 bits per heavy atom. The van der Waals surface area contributed by atoms with Gasteiger partial charge in [-0.3, -0.25) is 19.3 Å². The van der Waals surface area contributed by atoms with Crippen molar-refractivity contribution in [2.24, 2.45) is 4.99 Å². The van der Waals surface area contributed by atoms with Gasteiger partial charge in [-0.15, -0.1) is 0 Å². The molecule has 1 heterocycles. The summed E-state index contributed by atoms with van der Waals surface area (Å²) in [5.74, 6) is -0.809. The summed E-state index contributed by atoms with van der Waals surface area (Å²) in [5, 5.41) is 10.5. The summed E-state index contributed by atoms with van der Waals surface area (Å²) in [4.78, 5) is 33.0. The summed E-state index contributed by atoms with van der Waals surface area (Å²) in [6.07, 6.45) is 1.62. The third-order valence-electron chi connectivity index (χ3n) is 5.07. The molecule has 31 heavy (non-hydrogen) atoms. The van der Waals surface area contributed by atoms with E-state index in [0.29, 0.717) is 12.1 Å². The lowest BCUT2D eigenvalue weighted by Gasteiger charge is -2.20. The van der Waals surface area contributed by atoms with Crippen LogP contribution in [-0.4, -0.2) is 34.0 Å². The number of hydrogen-bond acceptors (Lipinski definition) is 5. The van der Waals surface area contributed by atoms with Crippen molar-refractivity contribution in [2.45, 2.75) is 26.8 Å². The van der Waals surface area contributed by atoms with Gasteiger partial charge in [0.25, 0.3) is 5.56 Å². The van der Waals surface area contributed by atoms with E-state index in [1.807, 2.05) is 24.3 Å². The molecule has 0 radical (unpaired) electrons. The monoisotopic (exact) mass is 424 g/mol. The van der Waals surface area contributed by atoms with Crippen molar-refractivity contribution >= 4 is 17.6 Å². The van der Waals surface area contributed by atoms with Crippen molar-refractivity contribution in [2.75, 3.05) is 18.0 Å². The minimum absolute atomic E-state index is 0.105. The molecule has 7 nitrogen and oxygen atoms in total. The molecule has 3 aromatic rings. The van der Waals surface area contributed by atoms with Crippen LogP contribution in [0.4, 0.5) is 15.8 Å². The Morgan fingerprint density at radius 1 is 1.06 bits per heavy atom. The van der Waals surface area contributed by atoms with E-state index < -0.39 is 17.1 Å². The van der Waals surface area contributed by atoms with E-state index in [1.54, 1.807) is 12.1 Å². The van der Waals surface area contributed by atoms with E-state index in [-0.39, 0.29) is 17.9 Å². The molecule has 0 atom stereocenters. The first kappa shape index (κ1) is 22.0. The highest BCUT2D eigenvalue weighted by molar-refractivity contribution is 5.84. The third-order valence-corrected chi connectivity index (χ3v) is 5.07. The molecule has 0 bridgehead atoms. The maximum Gasteiger partial charge on any atom is 0.331 e. The second-order valence-electron chi connectivity index (χ2n) is 6.97. The number of halogens is 1. The molecule has 0 saturated carbocycles. The van der Waals surface area contributed by atoms with Gasteiger partial charge in [-0.05, 0) is 62.2 Å². The summed E-state index contributed by atoms with van der Waals surface area (Å²) in [5.41, 5.74) is 0.932. The molecule has 162 valence electrons. The molecule has 0 saturated heterocycles. The topological polar surface area (TPSA) is 90.7 Å². The lowest BCUT2D eigenvalue weighted by atomic mass is 10.1. The molecule has 0 fully saturated rings. The third kappa shape index (κ3) is 5.28. The van der Waals surface area contributed by atoms with Gasteiger partial charge < -0.3 is 10.0 Å². The highest BCUT2D eigenvalue weighted by Gasteiger charge is 2.13. The van der Waals surface area contributed by atoms with Crippen molar-refractivity contribution in [3.05, 3.63) is 86.3 Å². The van der Waals surface area contributed by atoms with Crippen LogP contribution in [0.5, 0.6) is 5.88 Å². The molecule has 0 aliphatic rings. The number of benzene rings is 2. The van der Waals surface area contributed by atoms with Crippen molar-refractivity contribution in [1.82, 2.24) is 9.55 Å². The maximum absolute atomic E-state index is 13.0. The molecule has 1 aromatic heterocycles. The Bertz CT molecular complexity index is 1160. The summed E-state index contributed by atoms with van der Waals surface area (Å²) in [7, 11) is 0. The van der Waals surface area contributed by atoms with E-state index in [9.17, 15) is 19.1 Å². The summed E-state index contributed by atoms with van der Waals surface area (Å²) < 4.78 is 14.1. The molecule has 8 heteroatoms. The zero-order valence-corrected chi connectivity index (χ0v) is 17.5. The van der Waals surface area contributed by atoms with Gasteiger partial charge in [0.1, 0.15) is 11.4 Å². The van der Waals surface area contributed by atoms with E-state index >= 15 is 0 Å². The first-order chi connectivity index (χ1) is 14.9. The van der Waals surface area contributed by atoms with Crippen LogP contribution in [0, 0.1) is 5.82 Å². The zero-order chi connectivity index (χ0) is 22.4. The summed E-state index contributed by atoms with van der Waals surface area (Å²) in [6.45, 7) is 6.06.